The molecule has 0 aromatic rings. The number of carbonyl (C=O) groups is 2. The van der Waals surface area contributed by atoms with Gasteiger partial charge in [-0.25, -0.2) is 0 Å². The molecule has 7 aliphatic rings. The highest BCUT2D eigenvalue weighted by molar-refractivity contribution is 5.86. The monoisotopic (exact) mass is 651 g/mol. The maximum Gasteiger partial charge on any atom is 0.226 e. The van der Waals surface area contributed by atoms with Gasteiger partial charge in [0.2, 0.25) is 11.8 Å². The van der Waals surface area contributed by atoms with Gasteiger partial charge >= 0.3 is 0 Å². The van der Waals surface area contributed by atoms with Gasteiger partial charge in [0.15, 0.2) is 0 Å². The van der Waals surface area contributed by atoms with Crippen LogP contribution in [0.1, 0.15) is 152 Å². The summed E-state index contributed by atoms with van der Waals surface area (Å²) in [6, 6.07) is 0.0867. The maximum absolute atomic E-state index is 14.9. The molecule has 2 amide bonds. The smallest absolute Gasteiger partial charge is 0.226 e. The molecule has 1 saturated heterocycles. The first-order valence-electron chi connectivity index (χ1n) is 20.2. The zero-order chi connectivity index (χ0) is 33.9. The molecule has 6 aliphatic carbocycles. The lowest BCUT2D eigenvalue weighted by molar-refractivity contribution is -0.248. The fraction of sp³-hybridized carbons (Fsp3) is 0.952. The minimum absolute atomic E-state index is 0.0210. The third-order valence-corrected chi connectivity index (χ3v) is 18.3. The lowest BCUT2D eigenvalue weighted by Crippen LogP contribution is -2.68. The Bertz CT molecular complexity index is 1250. The molecule has 7 rings (SSSR count). The summed E-state index contributed by atoms with van der Waals surface area (Å²) in [6.45, 7) is 23.8. The van der Waals surface area contributed by atoms with E-state index in [0.29, 0.717) is 47.3 Å². The Morgan fingerprint density at radius 3 is 2.11 bits per heavy atom. The maximum atomic E-state index is 14.9. The predicted molar refractivity (Wildman–Crippen MR) is 189 cm³/mol. The standard InChI is InChI=1S/C42H70N2O3/c1-26(2)27-15-20-42(36(47)43-32-25-29(37(32,3)4)35(46)44-23-11-10-12-24-44)22-21-40(8)28(34(27)42)13-14-31-39(7)18-17-33(45)38(5,6)30(39)16-19-41(31,40)9/h26-34,45H,10-25H2,1-9H3,(H,43,47)/t27-,28+,29?,30-,31+,32?,33-,34+,39-,40+,41+,42-/m0/s1. The van der Waals surface area contributed by atoms with Crippen LogP contribution in [0.4, 0.5) is 0 Å². The van der Waals surface area contributed by atoms with E-state index in [1.165, 1.54) is 38.5 Å². The van der Waals surface area contributed by atoms with Crippen LogP contribution in [0.25, 0.3) is 0 Å². The van der Waals surface area contributed by atoms with Crippen LogP contribution in [-0.2, 0) is 9.59 Å². The summed E-state index contributed by atoms with van der Waals surface area (Å²) in [7, 11) is 0. The van der Waals surface area contributed by atoms with Gasteiger partial charge in [0.05, 0.1) is 11.5 Å². The number of nitrogens with one attached hydrogen (secondary N) is 1. The Morgan fingerprint density at radius 2 is 1.45 bits per heavy atom. The molecule has 47 heavy (non-hydrogen) atoms. The van der Waals surface area contributed by atoms with E-state index >= 15 is 0 Å². The summed E-state index contributed by atoms with van der Waals surface area (Å²) in [5.41, 5.74) is 0.296. The van der Waals surface area contributed by atoms with Gasteiger partial charge in [-0.3, -0.25) is 9.59 Å². The van der Waals surface area contributed by atoms with Crippen molar-refractivity contribution in [2.45, 2.75) is 164 Å². The molecule has 2 N–H and O–H groups in total. The van der Waals surface area contributed by atoms with Crippen molar-refractivity contribution < 1.29 is 14.7 Å². The second-order valence-electron chi connectivity index (χ2n) is 20.7. The highest BCUT2D eigenvalue weighted by Crippen LogP contribution is 2.77. The molecular formula is C42H70N2O3. The highest BCUT2D eigenvalue weighted by Gasteiger charge is 2.72. The summed E-state index contributed by atoms with van der Waals surface area (Å²) in [5.74, 6) is 4.18. The van der Waals surface area contributed by atoms with E-state index in [0.717, 1.165) is 64.5 Å². The Kier molecular flexibility index (Phi) is 8.19. The Hall–Kier alpha value is -1.10. The highest BCUT2D eigenvalue weighted by atomic mass is 16.3. The molecule has 5 heteroatoms. The number of amides is 2. The van der Waals surface area contributed by atoms with E-state index in [9.17, 15) is 14.7 Å². The van der Waals surface area contributed by atoms with Crippen LogP contribution >= 0.6 is 0 Å². The molecule has 0 aromatic carbocycles. The number of rotatable bonds is 4. The summed E-state index contributed by atoms with van der Waals surface area (Å²) in [4.78, 5) is 30.5. The zero-order valence-electron chi connectivity index (χ0n) is 31.7. The van der Waals surface area contributed by atoms with Crippen molar-refractivity contribution in [3.05, 3.63) is 0 Å². The average molecular weight is 651 g/mol. The van der Waals surface area contributed by atoms with Crippen LogP contribution in [0.3, 0.4) is 0 Å². The van der Waals surface area contributed by atoms with Gasteiger partial charge in [-0.15, -0.1) is 0 Å². The van der Waals surface area contributed by atoms with Crippen LogP contribution in [0, 0.1) is 73.9 Å². The molecule has 5 nitrogen and oxygen atoms in total. The lowest BCUT2D eigenvalue weighted by atomic mass is 9.32. The molecular weight excluding hydrogens is 580 g/mol. The SMILES string of the molecule is CC(C)[C@@H]1CC[C@]2(C(=O)NC3CC(C(=O)N4CCCCC4)C3(C)C)CC[C@]3(C)[C@H](CC[C@@H]4[C@@]5(C)CC[C@H](O)C(C)(C)[C@@H]5CC[C@]43C)[C@@H]12. The van der Waals surface area contributed by atoms with Gasteiger partial charge in [0.25, 0.3) is 0 Å². The summed E-state index contributed by atoms with van der Waals surface area (Å²) < 4.78 is 0. The Balaban J connectivity index is 1.14. The van der Waals surface area contributed by atoms with Crippen LogP contribution in [0.5, 0.6) is 0 Å². The number of hydrogen-bond acceptors (Lipinski definition) is 3. The second kappa shape index (κ2) is 11.2. The first kappa shape index (κ1) is 34.4. The van der Waals surface area contributed by atoms with Crippen molar-refractivity contribution in [1.29, 1.82) is 0 Å². The number of fused-ring (bicyclic) bond motifs is 7. The van der Waals surface area contributed by atoms with Gasteiger partial charge in [0.1, 0.15) is 0 Å². The van der Waals surface area contributed by atoms with Gasteiger partial charge in [-0.1, -0.05) is 62.3 Å². The molecule has 1 aliphatic heterocycles. The van der Waals surface area contributed by atoms with E-state index in [-0.39, 0.29) is 50.6 Å². The number of nitrogens with zero attached hydrogens (tertiary/aromatic N) is 1. The Morgan fingerprint density at radius 1 is 0.745 bits per heavy atom. The third kappa shape index (κ3) is 4.61. The molecule has 0 bridgehead atoms. The number of carbonyl (C=O) groups excluding carboxylic acids is 2. The zero-order valence-corrected chi connectivity index (χ0v) is 31.7. The van der Waals surface area contributed by atoms with E-state index in [1.807, 2.05) is 0 Å². The minimum atomic E-state index is -0.265. The molecule has 0 spiro atoms. The van der Waals surface area contributed by atoms with E-state index in [1.54, 1.807) is 0 Å². The van der Waals surface area contributed by atoms with E-state index in [2.05, 4.69) is 72.5 Å². The number of likely N-dealkylation sites (tertiary alicyclic amines) is 1. The van der Waals surface area contributed by atoms with E-state index < -0.39 is 0 Å². The van der Waals surface area contributed by atoms with Crippen LogP contribution in [0.2, 0.25) is 0 Å². The molecule has 12 atom stereocenters. The topological polar surface area (TPSA) is 69.6 Å². The average Bonchev–Trinajstić information content (AvgIpc) is 3.43. The molecule has 7 fully saturated rings. The molecule has 1 heterocycles. The number of aliphatic hydroxyl groups excluding tert-OH is 1. The van der Waals surface area contributed by atoms with Gasteiger partial charge in [0, 0.05) is 25.0 Å². The first-order chi connectivity index (χ1) is 21.9. The molecule has 266 valence electrons. The van der Waals surface area contributed by atoms with Gasteiger partial charge in [-0.05, 0) is 152 Å². The predicted octanol–water partition coefficient (Wildman–Crippen LogP) is 8.63. The Labute approximate surface area is 287 Å². The molecule has 6 saturated carbocycles. The van der Waals surface area contributed by atoms with Crippen LogP contribution in [-0.4, -0.2) is 47.1 Å². The largest absolute Gasteiger partial charge is 0.393 e. The number of aliphatic hydroxyl groups is 1. The number of hydrogen-bond donors (Lipinski definition) is 2. The quantitative estimate of drug-likeness (QED) is 0.320. The fourth-order valence-corrected chi connectivity index (χ4v) is 15.0. The third-order valence-electron chi connectivity index (χ3n) is 18.3. The van der Waals surface area contributed by atoms with Crippen molar-refractivity contribution in [3.63, 3.8) is 0 Å². The minimum Gasteiger partial charge on any atom is -0.393 e. The number of piperidine rings is 1. The van der Waals surface area contributed by atoms with Crippen molar-refractivity contribution in [1.82, 2.24) is 10.2 Å². The fourth-order valence-electron chi connectivity index (χ4n) is 15.0. The van der Waals surface area contributed by atoms with Crippen molar-refractivity contribution in [2.75, 3.05) is 13.1 Å². The lowest BCUT2D eigenvalue weighted by Gasteiger charge is -2.73. The first-order valence-corrected chi connectivity index (χ1v) is 20.2. The summed E-state index contributed by atoms with van der Waals surface area (Å²) in [5, 5.41) is 14.8. The van der Waals surface area contributed by atoms with Crippen molar-refractivity contribution in [2.24, 2.45) is 73.9 Å². The van der Waals surface area contributed by atoms with Crippen molar-refractivity contribution in [3.8, 4) is 0 Å². The summed E-state index contributed by atoms with van der Waals surface area (Å²) in [6.07, 6.45) is 15.6. The van der Waals surface area contributed by atoms with Crippen LogP contribution in [0.15, 0.2) is 0 Å². The van der Waals surface area contributed by atoms with Gasteiger partial charge < -0.3 is 15.3 Å². The normalized spacial score (nSPS) is 50.0. The molecule has 2 unspecified atom stereocenters. The van der Waals surface area contributed by atoms with Gasteiger partial charge in [-0.2, -0.15) is 0 Å². The van der Waals surface area contributed by atoms with E-state index in [4.69, 9.17) is 0 Å². The van der Waals surface area contributed by atoms with Crippen molar-refractivity contribution >= 4 is 11.8 Å². The molecule has 0 radical (unpaired) electrons. The van der Waals surface area contributed by atoms with Crippen LogP contribution < -0.4 is 5.32 Å². The molecule has 0 aromatic heterocycles. The summed E-state index contributed by atoms with van der Waals surface area (Å²) >= 11 is 0. The second-order valence-corrected chi connectivity index (χ2v) is 20.7.